The van der Waals surface area contributed by atoms with E-state index in [1.807, 2.05) is 39.3 Å². The van der Waals surface area contributed by atoms with Crippen LogP contribution in [0.15, 0.2) is 41.4 Å². The molecule has 1 aromatic carbocycles. The lowest BCUT2D eigenvalue weighted by Gasteiger charge is -2.25. The second-order valence-electron chi connectivity index (χ2n) is 5.39. The van der Waals surface area contributed by atoms with E-state index in [0.717, 1.165) is 10.6 Å². The van der Waals surface area contributed by atoms with Crippen LogP contribution < -0.4 is 0 Å². The Bertz CT molecular complexity index is 756. The van der Waals surface area contributed by atoms with Crippen LogP contribution in [0, 0.1) is 0 Å². The molecule has 7 heteroatoms. The van der Waals surface area contributed by atoms with E-state index >= 15 is 0 Å². The van der Waals surface area contributed by atoms with Gasteiger partial charge in [-0.3, -0.25) is 0 Å². The summed E-state index contributed by atoms with van der Waals surface area (Å²) in [7, 11) is -2.49. The molecule has 1 saturated heterocycles. The van der Waals surface area contributed by atoms with Gasteiger partial charge in [0.1, 0.15) is 0 Å². The van der Waals surface area contributed by atoms with Crippen LogP contribution in [-0.4, -0.2) is 48.6 Å². The Balaban J connectivity index is 1.66. The third-order valence-electron chi connectivity index (χ3n) is 4.14. The van der Waals surface area contributed by atoms with Crippen molar-refractivity contribution < 1.29 is 8.95 Å². The first kappa shape index (κ1) is 13.0. The molecule has 0 N–H and O–H groups in total. The molecule has 110 valence electrons. The van der Waals surface area contributed by atoms with Crippen LogP contribution in [0.3, 0.4) is 0 Å². The van der Waals surface area contributed by atoms with Crippen molar-refractivity contribution in [1.82, 2.24) is 19.3 Å². The number of aromatic nitrogens is 3. The first-order valence-electron chi connectivity index (χ1n) is 6.84. The number of benzene rings is 1. The monoisotopic (exact) mass is 304 g/mol. The van der Waals surface area contributed by atoms with Gasteiger partial charge in [0.05, 0.1) is 40.4 Å². The van der Waals surface area contributed by atoms with Gasteiger partial charge in [-0.25, -0.2) is 13.2 Å². The molecule has 21 heavy (non-hydrogen) atoms. The van der Waals surface area contributed by atoms with E-state index in [9.17, 15) is 4.21 Å². The Labute approximate surface area is 123 Å². The van der Waals surface area contributed by atoms with E-state index in [4.69, 9.17) is 4.74 Å². The zero-order chi connectivity index (χ0) is 14.4. The van der Waals surface area contributed by atoms with Gasteiger partial charge in [0.15, 0.2) is 0 Å². The summed E-state index contributed by atoms with van der Waals surface area (Å²) in [5, 5.41) is 8.07. The molecule has 2 aliphatic rings. The molecule has 1 aromatic heterocycles. The van der Waals surface area contributed by atoms with Crippen molar-refractivity contribution in [1.29, 1.82) is 0 Å². The molecular formula is C14H16N4O2S. The lowest BCUT2D eigenvalue weighted by molar-refractivity contribution is -0.00384. The summed E-state index contributed by atoms with van der Waals surface area (Å²) in [6, 6.07) is 9.46. The number of nitrogens with zero attached hydrogens (tertiary/aromatic N) is 4. The first-order chi connectivity index (χ1) is 10.2. The lowest BCUT2D eigenvalue weighted by atomic mass is 10.2. The minimum atomic E-state index is -2.49. The Morgan fingerprint density at radius 3 is 2.90 bits per heavy atom. The maximum Gasteiger partial charge on any atom is 0.0954 e. The maximum atomic E-state index is 13.1. The van der Waals surface area contributed by atoms with Gasteiger partial charge < -0.3 is 4.74 Å². The highest BCUT2D eigenvalue weighted by Crippen LogP contribution is 2.33. The fraction of sp³-hybridized carbons (Fsp3) is 0.357. The predicted octanol–water partition coefficient (Wildman–Crippen LogP) is 0.724. The Morgan fingerprint density at radius 1 is 1.29 bits per heavy atom. The Morgan fingerprint density at radius 2 is 2.10 bits per heavy atom. The molecule has 2 aliphatic heterocycles. The van der Waals surface area contributed by atoms with Crippen LogP contribution in [0.1, 0.15) is 11.7 Å². The van der Waals surface area contributed by atoms with Crippen LogP contribution in [-0.2, 0) is 21.1 Å². The molecule has 0 amide bonds. The molecule has 0 aliphatic carbocycles. The number of ether oxygens (including phenoxy) is 1. The van der Waals surface area contributed by atoms with E-state index in [1.165, 1.54) is 0 Å². The van der Waals surface area contributed by atoms with Gasteiger partial charge in [-0.15, -0.1) is 5.10 Å². The second-order valence-corrected chi connectivity index (χ2v) is 7.66. The molecule has 0 radical (unpaired) electrons. The quantitative estimate of drug-likeness (QED) is 0.767. The highest BCUT2D eigenvalue weighted by molar-refractivity contribution is 7.98. The highest BCUT2D eigenvalue weighted by atomic mass is 32.2. The largest absolute Gasteiger partial charge is 0.368 e. The van der Waals surface area contributed by atoms with Crippen LogP contribution in [0.2, 0.25) is 0 Å². The maximum absolute atomic E-state index is 13.1. The first-order valence-corrected chi connectivity index (χ1v) is 8.53. The van der Waals surface area contributed by atoms with Crippen molar-refractivity contribution in [3.05, 3.63) is 42.2 Å². The van der Waals surface area contributed by atoms with Crippen molar-refractivity contribution >= 4 is 15.6 Å². The molecule has 6 nitrogen and oxygen atoms in total. The zero-order valence-corrected chi connectivity index (χ0v) is 12.3. The van der Waals surface area contributed by atoms with Gasteiger partial charge in [0.2, 0.25) is 0 Å². The summed E-state index contributed by atoms with van der Waals surface area (Å²) in [6.45, 7) is 1.71. The molecule has 2 unspecified atom stereocenters. The number of fused-ring (bicyclic) bond motifs is 3. The number of rotatable bonds is 2. The van der Waals surface area contributed by atoms with Crippen LogP contribution in [0.4, 0.5) is 0 Å². The Hall–Kier alpha value is -1.70. The molecule has 2 aromatic rings. The van der Waals surface area contributed by atoms with Gasteiger partial charge >= 0.3 is 0 Å². The van der Waals surface area contributed by atoms with Gasteiger partial charge in [0.25, 0.3) is 0 Å². The summed E-state index contributed by atoms with van der Waals surface area (Å²) in [5.74, 6) is 3.98. The van der Waals surface area contributed by atoms with E-state index in [0.29, 0.717) is 19.7 Å². The minimum Gasteiger partial charge on any atom is -0.368 e. The van der Waals surface area contributed by atoms with Gasteiger partial charge in [0, 0.05) is 18.0 Å². The second kappa shape index (κ2) is 4.66. The smallest absolute Gasteiger partial charge is 0.0954 e. The van der Waals surface area contributed by atoms with Crippen LogP contribution >= 0.6 is 0 Å². The van der Waals surface area contributed by atoms with Crippen LogP contribution in [0.25, 0.3) is 0 Å². The van der Waals surface area contributed by atoms with E-state index in [1.54, 1.807) is 6.20 Å². The normalized spacial score (nSPS) is 27.8. The van der Waals surface area contributed by atoms with E-state index in [-0.39, 0.29) is 12.1 Å². The van der Waals surface area contributed by atoms with Crippen LogP contribution in [0.5, 0.6) is 0 Å². The SMILES string of the molecule is C=S(=O)(c1ccccc1)N1CC2OCc3cnnn3[C@@H]2C1. The molecule has 3 heterocycles. The molecule has 0 saturated carbocycles. The van der Waals surface area contributed by atoms with Gasteiger partial charge in [-0.2, -0.15) is 0 Å². The number of hydrogen-bond donors (Lipinski definition) is 0. The average molecular weight is 304 g/mol. The average Bonchev–Trinajstić information content (AvgIpc) is 3.14. The molecule has 1 fully saturated rings. The summed E-state index contributed by atoms with van der Waals surface area (Å²) in [6.07, 6.45) is 1.71. The summed E-state index contributed by atoms with van der Waals surface area (Å²) >= 11 is 0. The molecular weight excluding hydrogens is 288 g/mol. The molecule has 0 spiro atoms. The third-order valence-corrected chi connectivity index (χ3v) is 6.28. The number of hydrogen-bond acceptors (Lipinski definition) is 4. The van der Waals surface area contributed by atoms with E-state index < -0.39 is 9.71 Å². The highest BCUT2D eigenvalue weighted by Gasteiger charge is 2.42. The molecule has 0 bridgehead atoms. The zero-order valence-electron chi connectivity index (χ0n) is 11.5. The molecule has 4 rings (SSSR count). The topological polar surface area (TPSA) is 60.3 Å². The van der Waals surface area contributed by atoms with Crippen molar-refractivity contribution in [2.24, 2.45) is 0 Å². The van der Waals surface area contributed by atoms with Gasteiger partial charge in [-0.1, -0.05) is 23.4 Å². The summed E-state index contributed by atoms with van der Waals surface area (Å²) in [4.78, 5) is 0.752. The van der Waals surface area contributed by atoms with Gasteiger partial charge in [-0.05, 0) is 18.0 Å². The molecule has 3 atom stereocenters. The van der Waals surface area contributed by atoms with Crippen molar-refractivity contribution in [2.45, 2.75) is 23.6 Å². The minimum absolute atomic E-state index is 0.00881. The predicted molar refractivity (Wildman–Crippen MR) is 79.2 cm³/mol. The van der Waals surface area contributed by atoms with Crippen molar-refractivity contribution in [2.75, 3.05) is 13.1 Å². The lowest BCUT2D eigenvalue weighted by Crippen LogP contribution is -2.32. The fourth-order valence-corrected chi connectivity index (χ4v) is 4.65. The van der Waals surface area contributed by atoms with Crippen molar-refractivity contribution in [3.8, 4) is 0 Å². The summed E-state index contributed by atoms with van der Waals surface area (Å²) < 4.78 is 22.8. The standard InChI is InChI=1S/C14H16N4O2S/c1-21(19,12-5-3-2-4-6-12)17-8-13-14(9-17)20-10-11-7-15-16-18(11)13/h2-7,13-14H,1,8-10H2/t13-,14?,21?/m1/s1. The Kier molecular flexibility index (Phi) is 2.88. The van der Waals surface area contributed by atoms with Crippen molar-refractivity contribution in [3.63, 3.8) is 0 Å². The third kappa shape index (κ3) is 2.00. The van der Waals surface area contributed by atoms with E-state index in [2.05, 4.69) is 16.2 Å². The summed E-state index contributed by atoms with van der Waals surface area (Å²) in [5.41, 5.74) is 0.966. The fourth-order valence-electron chi connectivity index (χ4n) is 2.98.